The molecule has 326 valence electrons. The fraction of sp³-hybridized carbons (Fsp3) is 0.600. The van der Waals surface area contributed by atoms with Crippen LogP contribution in [0.1, 0.15) is 64.4 Å². The number of ether oxygens (including phenoxy) is 2. The van der Waals surface area contributed by atoms with E-state index in [0.717, 1.165) is 29.9 Å². The summed E-state index contributed by atoms with van der Waals surface area (Å²) >= 11 is 0. The van der Waals surface area contributed by atoms with Crippen molar-refractivity contribution >= 4 is 47.4 Å². The third kappa shape index (κ3) is 14.4. The molecule has 2 aliphatic heterocycles. The van der Waals surface area contributed by atoms with Crippen LogP contribution >= 0.6 is 0 Å². The molecule has 2 fully saturated rings. The van der Waals surface area contributed by atoms with Gasteiger partial charge in [-0.3, -0.25) is 38.5 Å². The number of carbonyl (C=O) groups excluding carboxylic acids is 8. The van der Waals surface area contributed by atoms with Crippen molar-refractivity contribution in [1.29, 1.82) is 0 Å². The van der Waals surface area contributed by atoms with Crippen LogP contribution in [-0.4, -0.2) is 158 Å². The Morgan fingerprint density at radius 2 is 1.56 bits per heavy atom. The Kier molecular flexibility index (Phi) is 18.9. The summed E-state index contributed by atoms with van der Waals surface area (Å²) in [5, 5.41) is 7.57. The van der Waals surface area contributed by atoms with Crippen LogP contribution < -0.4 is 16.0 Å². The highest BCUT2D eigenvalue weighted by Crippen LogP contribution is 2.22. The van der Waals surface area contributed by atoms with E-state index in [1.165, 1.54) is 37.0 Å². The van der Waals surface area contributed by atoms with Crippen molar-refractivity contribution in [3.63, 3.8) is 0 Å². The molecule has 3 N–H and O–H groups in total. The SMILES string of the molecule is CCCC/C=C/C(=O)N[C@@H](Cc1cc(F)cc(F)c1)C(=O)NCC(=O)N1CCC[C@H]1C(=O)N(C)[C@@H](COC(=O)CN(C)C)C(=O)N[C@@H](C)C(=O)N1CCC[C@H]1C(=O)OC. The maximum Gasteiger partial charge on any atom is 0.328 e. The number of halogens is 2. The fourth-order valence-electron chi connectivity index (χ4n) is 6.87. The van der Waals surface area contributed by atoms with Crippen molar-refractivity contribution in [3.8, 4) is 0 Å². The number of likely N-dealkylation sites (N-methyl/N-ethyl adjacent to an activating group) is 2. The van der Waals surface area contributed by atoms with E-state index in [9.17, 15) is 47.1 Å². The zero-order valence-corrected chi connectivity index (χ0v) is 34.6. The van der Waals surface area contributed by atoms with Crippen LogP contribution in [0.4, 0.5) is 8.78 Å². The van der Waals surface area contributed by atoms with Crippen molar-refractivity contribution in [2.45, 2.75) is 95.4 Å². The molecule has 1 aromatic carbocycles. The van der Waals surface area contributed by atoms with E-state index < -0.39 is 102 Å². The molecule has 2 heterocycles. The summed E-state index contributed by atoms with van der Waals surface area (Å²) in [6, 6.07) is -3.08. The number of likely N-dealkylation sites (tertiary alicyclic amines) is 2. The van der Waals surface area contributed by atoms with E-state index in [1.807, 2.05) is 6.92 Å². The third-order valence-corrected chi connectivity index (χ3v) is 9.96. The number of allylic oxidation sites excluding steroid dienone is 1. The fourth-order valence-corrected chi connectivity index (χ4v) is 6.87. The van der Waals surface area contributed by atoms with E-state index in [2.05, 4.69) is 16.0 Å². The summed E-state index contributed by atoms with van der Waals surface area (Å²) in [7, 11) is 5.79. The number of esters is 2. The minimum Gasteiger partial charge on any atom is -0.467 e. The Morgan fingerprint density at radius 1 is 0.915 bits per heavy atom. The summed E-state index contributed by atoms with van der Waals surface area (Å²) in [4.78, 5) is 111. The van der Waals surface area contributed by atoms with E-state index in [-0.39, 0.29) is 38.0 Å². The number of benzene rings is 1. The van der Waals surface area contributed by atoms with Gasteiger partial charge in [-0.25, -0.2) is 13.6 Å². The van der Waals surface area contributed by atoms with Crippen molar-refractivity contribution in [2.24, 2.45) is 0 Å². The van der Waals surface area contributed by atoms with Gasteiger partial charge in [0.2, 0.25) is 35.4 Å². The first kappa shape index (κ1) is 47.9. The van der Waals surface area contributed by atoms with Gasteiger partial charge in [0, 0.05) is 32.6 Å². The van der Waals surface area contributed by atoms with Gasteiger partial charge < -0.3 is 40.1 Å². The predicted octanol–water partition coefficient (Wildman–Crippen LogP) is 0.446. The highest BCUT2D eigenvalue weighted by Gasteiger charge is 2.41. The molecule has 5 atom stereocenters. The molecule has 6 amide bonds. The lowest BCUT2D eigenvalue weighted by atomic mass is 10.0. The molecule has 17 nitrogen and oxygen atoms in total. The van der Waals surface area contributed by atoms with Gasteiger partial charge in [0.25, 0.3) is 0 Å². The maximum atomic E-state index is 14.0. The first-order valence-corrected chi connectivity index (χ1v) is 19.7. The number of methoxy groups -OCH3 is 1. The second-order valence-electron chi connectivity index (χ2n) is 14.9. The van der Waals surface area contributed by atoms with E-state index in [4.69, 9.17) is 9.47 Å². The highest BCUT2D eigenvalue weighted by molar-refractivity contribution is 5.97. The summed E-state index contributed by atoms with van der Waals surface area (Å²) in [5.41, 5.74) is 0.0867. The number of nitrogens with zero attached hydrogens (tertiary/aromatic N) is 4. The number of rotatable bonds is 20. The lowest BCUT2D eigenvalue weighted by Gasteiger charge is -2.33. The number of unbranched alkanes of at least 4 members (excludes halogenated alkanes) is 2. The van der Waals surface area contributed by atoms with E-state index in [0.29, 0.717) is 31.7 Å². The maximum absolute atomic E-state index is 14.0. The van der Waals surface area contributed by atoms with Crippen LogP contribution in [0.5, 0.6) is 0 Å². The molecule has 0 aliphatic carbocycles. The molecule has 0 spiro atoms. The summed E-state index contributed by atoms with van der Waals surface area (Å²) in [6.07, 6.45) is 6.51. The largest absolute Gasteiger partial charge is 0.467 e. The van der Waals surface area contributed by atoms with Crippen LogP contribution in [-0.2, 0) is 54.3 Å². The number of hydrogen-bond acceptors (Lipinski definition) is 11. The van der Waals surface area contributed by atoms with Crippen LogP contribution in [0.25, 0.3) is 0 Å². The zero-order valence-electron chi connectivity index (χ0n) is 34.6. The Morgan fingerprint density at radius 3 is 2.19 bits per heavy atom. The van der Waals surface area contributed by atoms with E-state index in [1.54, 1.807) is 25.1 Å². The first-order valence-electron chi connectivity index (χ1n) is 19.7. The molecule has 0 bridgehead atoms. The molecular formula is C40H57F2N7O10. The van der Waals surface area contributed by atoms with Crippen molar-refractivity contribution in [2.75, 3.05) is 61.0 Å². The molecule has 2 saturated heterocycles. The average Bonchev–Trinajstić information content (AvgIpc) is 3.88. The van der Waals surface area contributed by atoms with Gasteiger partial charge >= 0.3 is 11.9 Å². The highest BCUT2D eigenvalue weighted by atomic mass is 19.1. The number of hydrogen-bond donors (Lipinski definition) is 3. The van der Waals surface area contributed by atoms with Crippen molar-refractivity contribution < 1.29 is 56.6 Å². The molecule has 2 aliphatic rings. The molecule has 59 heavy (non-hydrogen) atoms. The average molecular weight is 834 g/mol. The second-order valence-corrected chi connectivity index (χ2v) is 14.9. The third-order valence-electron chi connectivity index (χ3n) is 9.96. The molecule has 0 unspecified atom stereocenters. The molecule has 0 saturated carbocycles. The lowest BCUT2D eigenvalue weighted by Crippen LogP contribution is -2.59. The van der Waals surface area contributed by atoms with Gasteiger partial charge in [-0.2, -0.15) is 0 Å². The van der Waals surface area contributed by atoms with Crippen LogP contribution in [0.15, 0.2) is 30.4 Å². The van der Waals surface area contributed by atoms with Crippen LogP contribution in [0.3, 0.4) is 0 Å². The van der Waals surface area contributed by atoms with Gasteiger partial charge in [0.1, 0.15) is 48.5 Å². The predicted molar refractivity (Wildman–Crippen MR) is 209 cm³/mol. The molecule has 19 heteroatoms. The van der Waals surface area contributed by atoms with Gasteiger partial charge in [-0.15, -0.1) is 0 Å². The van der Waals surface area contributed by atoms with Gasteiger partial charge in [-0.1, -0.05) is 25.8 Å². The molecule has 0 aromatic heterocycles. The zero-order chi connectivity index (χ0) is 43.8. The monoisotopic (exact) mass is 833 g/mol. The first-order chi connectivity index (χ1) is 28.0. The smallest absolute Gasteiger partial charge is 0.328 e. The minimum atomic E-state index is -1.44. The Labute approximate surface area is 343 Å². The normalized spacial score (nSPS) is 17.9. The molecule has 1 aromatic rings. The number of carbonyl (C=O) groups is 8. The van der Waals surface area contributed by atoms with Crippen molar-refractivity contribution in [3.05, 3.63) is 47.5 Å². The second kappa shape index (κ2) is 23.2. The quantitative estimate of drug-likeness (QED) is 0.0935. The van der Waals surface area contributed by atoms with Crippen molar-refractivity contribution in [1.82, 2.24) is 35.6 Å². The number of nitrogens with one attached hydrogen (secondary N) is 3. The molecule has 0 radical (unpaired) electrons. The van der Waals surface area contributed by atoms with Gasteiger partial charge in [0.05, 0.1) is 20.2 Å². The Bertz CT molecular complexity index is 1710. The standard InChI is InChI=1S/C40H57F2N7O10/c1-7-8-9-10-15-33(50)45-29(20-26-18-27(41)21-28(42)19-26)36(53)43-22-34(51)48-16-11-13-30(48)39(56)47(5)32(24-59-35(52)23-46(3)4)37(54)44-25(2)38(55)49-17-12-14-31(49)40(57)58-6/h10,15,18-19,21,25,29-32H,7-9,11-14,16-17,20,22-24H2,1-6H3,(H,43,53)(H,44,54)(H,45,50)/b15-10+/t25-,29-,30-,31-,32-/m0/s1. The van der Waals surface area contributed by atoms with Gasteiger partial charge in [-0.05, 0) is 76.9 Å². The summed E-state index contributed by atoms with van der Waals surface area (Å²) in [5.74, 6) is -7.18. The summed E-state index contributed by atoms with van der Waals surface area (Å²) in [6.45, 7) is 2.50. The minimum absolute atomic E-state index is 0.0867. The molecular weight excluding hydrogens is 776 g/mol. The van der Waals surface area contributed by atoms with Gasteiger partial charge in [0.15, 0.2) is 0 Å². The number of amides is 6. The van der Waals surface area contributed by atoms with Crippen LogP contribution in [0, 0.1) is 11.6 Å². The molecule has 3 rings (SSSR count). The Hall–Kier alpha value is -5.46. The topological polar surface area (TPSA) is 204 Å². The van der Waals surface area contributed by atoms with E-state index >= 15 is 0 Å². The Balaban J connectivity index is 1.74. The van der Waals surface area contributed by atoms with Crippen LogP contribution in [0.2, 0.25) is 0 Å². The summed E-state index contributed by atoms with van der Waals surface area (Å²) < 4.78 is 38.1. The lowest BCUT2D eigenvalue weighted by molar-refractivity contribution is -0.154.